The van der Waals surface area contributed by atoms with Crippen molar-refractivity contribution in [2.24, 2.45) is 0 Å². The van der Waals surface area contributed by atoms with Crippen LogP contribution < -0.4 is 14.4 Å². The summed E-state index contributed by atoms with van der Waals surface area (Å²) in [6.45, 7) is 6.17. The normalized spacial score (nSPS) is 12.3. The summed E-state index contributed by atoms with van der Waals surface area (Å²) < 4.78 is 31.7. The lowest BCUT2D eigenvalue weighted by molar-refractivity contribution is -0.122. The van der Waals surface area contributed by atoms with Crippen LogP contribution in [0, 0.1) is 13.8 Å². The van der Waals surface area contributed by atoms with Crippen molar-refractivity contribution in [2.45, 2.75) is 33.2 Å². The lowest BCUT2D eigenvalue weighted by Gasteiger charge is -2.30. The molecule has 30 heavy (non-hydrogen) atoms. The molecule has 0 aliphatic rings. The minimum absolute atomic E-state index is 0.167. The highest BCUT2D eigenvalue weighted by Gasteiger charge is 2.32. The minimum atomic E-state index is -3.80. The van der Waals surface area contributed by atoms with E-state index in [-0.39, 0.29) is 30.3 Å². The first-order valence-corrected chi connectivity index (χ1v) is 12.1. The summed E-state index contributed by atoms with van der Waals surface area (Å²) in [5.74, 6) is 0.278. The van der Waals surface area contributed by atoms with Crippen LogP contribution in [-0.2, 0) is 14.8 Å². The summed E-state index contributed by atoms with van der Waals surface area (Å²) in [4.78, 5) is 12.8. The number of halogens is 2. The molecule has 1 atom stereocenters. The smallest absolute Gasteiger partial charge is 0.244 e. The van der Waals surface area contributed by atoms with Crippen molar-refractivity contribution in [1.29, 1.82) is 0 Å². The van der Waals surface area contributed by atoms with Crippen LogP contribution in [0.15, 0.2) is 36.4 Å². The molecule has 9 heteroatoms. The maximum Gasteiger partial charge on any atom is 0.244 e. The molecule has 2 rings (SSSR count). The third-order valence-electron chi connectivity index (χ3n) is 4.34. The zero-order valence-corrected chi connectivity index (χ0v) is 19.7. The Hall–Kier alpha value is -1.96. The van der Waals surface area contributed by atoms with Crippen molar-refractivity contribution < 1.29 is 17.9 Å². The molecule has 2 aromatic carbocycles. The number of benzene rings is 2. The molecule has 1 N–H and O–H groups in total. The van der Waals surface area contributed by atoms with Gasteiger partial charge in [-0.15, -0.1) is 0 Å². The fourth-order valence-electron chi connectivity index (χ4n) is 3.17. The number of hydrogen-bond acceptors (Lipinski definition) is 4. The molecule has 6 nitrogen and oxygen atoms in total. The molecular weight excluding hydrogens is 447 g/mol. The summed E-state index contributed by atoms with van der Waals surface area (Å²) in [5, 5.41) is 3.25. The van der Waals surface area contributed by atoms with E-state index in [9.17, 15) is 13.2 Å². The van der Waals surface area contributed by atoms with E-state index in [0.29, 0.717) is 5.02 Å². The first-order chi connectivity index (χ1) is 14.0. The van der Waals surface area contributed by atoms with Crippen LogP contribution in [-0.4, -0.2) is 39.8 Å². The number of carbonyl (C=O) groups excluding carboxylic acids is 1. The molecule has 0 saturated carbocycles. The largest absolute Gasteiger partial charge is 0.492 e. The number of amides is 1. The molecule has 0 unspecified atom stereocenters. The molecule has 164 valence electrons. The van der Waals surface area contributed by atoms with E-state index in [1.54, 1.807) is 13.0 Å². The van der Waals surface area contributed by atoms with Crippen LogP contribution in [0.2, 0.25) is 10.0 Å². The Morgan fingerprint density at radius 1 is 1.13 bits per heavy atom. The maximum absolute atomic E-state index is 12.8. The molecule has 1 amide bonds. The molecule has 2 aromatic rings. The van der Waals surface area contributed by atoms with Crippen molar-refractivity contribution in [3.63, 3.8) is 0 Å². The standard InChI is InChI=1S/C21H26Cl2N2O4S/c1-5-19(25(30(4,27)28)20-13-16(22)6-7-18(20)23)21(26)24-8-9-29-17-11-14(2)10-15(3)12-17/h6-7,10-13,19H,5,8-9H2,1-4H3,(H,24,26)/t19-/m0/s1. The molecule has 0 aliphatic heterocycles. The highest BCUT2D eigenvalue weighted by Crippen LogP contribution is 2.32. The molecule has 0 aliphatic carbocycles. The number of nitrogens with zero attached hydrogens (tertiary/aromatic N) is 1. The summed E-state index contributed by atoms with van der Waals surface area (Å²) >= 11 is 12.2. The van der Waals surface area contributed by atoms with Crippen LogP contribution in [0.3, 0.4) is 0 Å². The van der Waals surface area contributed by atoms with Gasteiger partial charge in [-0.2, -0.15) is 0 Å². The molecule has 0 radical (unpaired) electrons. The van der Waals surface area contributed by atoms with Crippen molar-refractivity contribution in [2.75, 3.05) is 23.7 Å². The Bertz CT molecular complexity index is 992. The van der Waals surface area contributed by atoms with Crippen LogP contribution >= 0.6 is 23.2 Å². The van der Waals surface area contributed by atoms with Gasteiger partial charge in [0, 0.05) is 5.02 Å². The van der Waals surface area contributed by atoms with E-state index in [0.717, 1.165) is 27.4 Å². The number of ether oxygens (including phenoxy) is 1. The average Bonchev–Trinajstić information content (AvgIpc) is 2.63. The second kappa shape index (κ2) is 10.4. The number of rotatable bonds is 9. The second-order valence-corrected chi connectivity index (χ2v) is 9.74. The van der Waals surface area contributed by atoms with Gasteiger partial charge in [-0.25, -0.2) is 8.42 Å². The Morgan fingerprint density at radius 2 is 1.77 bits per heavy atom. The van der Waals surface area contributed by atoms with Gasteiger partial charge in [0.2, 0.25) is 15.9 Å². The van der Waals surface area contributed by atoms with Gasteiger partial charge in [-0.05, 0) is 61.7 Å². The predicted octanol–water partition coefficient (Wildman–Crippen LogP) is 4.35. The topological polar surface area (TPSA) is 75.7 Å². The van der Waals surface area contributed by atoms with E-state index >= 15 is 0 Å². The van der Waals surface area contributed by atoms with Gasteiger partial charge in [0.05, 0.1) is 23.5 Å². The van der Waals surface area contributed by atoms with Gasteiger partial charge in [0.25, 0.3) is 0 Å². The molecule has 0 bridgehead atoms. The molecule has 0 saturated heterocycles. The van der Waals surface area contributed by atoms with Gasteiger partial charge < -0.3 is 10.1 Å². The van der Waals surface area contributed by atoms with E-state index in [2.05, 4.69) is 5.32 Å². The maximum atomic E-state index is 12.8. The number of anilines is 1. The van der Waals surface area contributed by atoms with Crippen LogP contribution in [0.25, 0.3) is 0 Å². The fraction of sp³-hybridized carbons (Fsp3) is 0.381. The third kappa shape index (κ3) is 6.52. The van der Waals surface area contributed by atoms with Gasteiger partial charge in [0.1, 0.15) is 18.4 Å². The van der Waals surface area contributed by atoms with E-state index in [4.69, 9.17) is 27.9 Å². The molecular formula is C21H26Cl2N2O4S. The first kappa shape index (κ1) is 24.3. The first-order valence-electron chi connectivity index (χ1n) is 9.46. The zero-order chi connectivity index (χ0) is 22.5. The van der Waals surface area contributed by atoms with Crippen molar-refractivity contribution >= 4 is 44.8 Å². The number of sulfonamides is 1. The SMILES string of the molecule is CC[C@@H](C(=O)NCCOc1cc(C)cc(C)c1)N(c1cc(Cl)ccc1Cl)S(C)(=O)=O. The Balaban J connectivity index is 2.11. The van der Waals surface area contributed by atoms with Gasteiger partial charge in [0.15, 0.2) is 0 Å². The molecule has 0 spiro atoms. The molecule has 0 heterocycles. The van der Waals surface area contributed by atoms with Gasteiger partial charge >= 0.3 is 0 Å². The average molecular weight is 473 g/mol. The van der Waals surface area contributed by atoms with Crippen molar-refractivity contribution in [3.8, 4) is 5.75 Å². The highest BCUT2D eigenvalue weighted by atomic mass is 35.5. The predicted molar refractivity (Wildman–Crippen MR) is 122 cm³/mol. The van der Waals surface area contributed by atoms with Gasteiger partial charge in [-0.3, -0.25) is 9.10 Å². The highest BCUT2D eigenvalue weighted by molar-refractivity contribution is 7.92. The number of aryl methyl sites for hydroxylation is 2. The van der Waals surface area contributed by atoms with Crippen molar-refractivity contribution in [3.05, 3.63) is 57.6 Å². The fourth-order valence-corrected chi connectivity index (χ4v) is 4.81. The number of hydrogen-bond donors (Lipinski definition) is 1. The Kier molecular flexibility index (Phi) is 8.41. The second-order valence-electron chi connectivity index (χ2n) is 7.04. The third-order valence-corrected chi connectivity index (χ3v) is 6.06. The summed E-state index contributed by atoms with van der Waals surface area (Å²) in [5.41, 5.74) is 2.34. The number of nitrogens with one attached hydrogen (secondary N) is 1. The van der Waals surface area contributed by atoms with E-state index in [1.807, 2.05) is 32.0 Å². The summed E-state index contributed by atoms with van der Waals surface area (Å²) in [7, 11) is -3.80. The quantitative estimate of drug-likeness (QED) is 0.550. The number of carbonyl (C=O) groups is 1. The Morgan fingerprint density at radius 3 is 2.33 bits per heavy atom. The van der Waals surface area contributed by atoms with Crippen molar-refractivity contribution in [1.82, 2.24) is 5.32 Å². The van der Waals surface area contributed by atoms with E-state index < -0.39 is 22.0 Å². The summed E-state index contributed by atoms with van der Waals surface area (Å²) in [6, 6.07) is 9.38. The minimum Gasteiger partial charge on any atom is -0.492 e. The molecule has 0 fully saturated rings. The van der Waals surface area contributed by atoms with Gasteiger partial charge in [-0.1, -0.05) is 36.2 Å². The van der Waals surface area contributed by atoms with Crippen LogP contribution in [0.5, 0.6) is 5.75 Å². The molecule has 0 aromatic heterocycles. The lowest BCUT2D eigenvalue weighted by atomic mass is 10.1. The zero-order valence-electron chi connectivity index (χ0n) is 17.4. The van der Waals surface area contributed by atoms with Crippen LogP contribution in [0.1, 0.15) is 24.5 Å². The monoisotopic (exact) mass is 472 g/mol. The Labute approximate surface area is 188 Å². The van der Waals surface area contributed by atoms with Crippen LogP contribution in [0.4, 0.5) is 5.69 Å². The summed E-state index contributed by atoms with van der Waals surface area (Å²) in [6.07, 6.45) is 1.28. The van der Waals surface area contributed by atoms with E-state index in [1.165, 1.54) is 12.1 Å². The lowest BCUT2D eigenvalue weighted by Crippen LogP contribution is -2.50.